The molecular formula is C72H41N3. The Hall–Kier alpha value is -9.96. The van der Waals surface area contributed by atoms with Crippen LogP contribution in [0.15, 0.2) is 249 Å². The first kappa shape index (κ1) is 39.6. The maximum Gasteiger partial charge on any atom is 0.0633 e. The quantitative estimate of drug-likeness (QED) is 0.124. The fourth-order valence-corrected chi connectivity index (χ4v) is 14.3. The molecule has 3 nitrogen and oxygen atoms in total. The topological polar surface area (TPSA) is 13.1 Å². The van der Waals surface area contributed by atoms with Crippen LogP contribution in [0.2, 0.25) is 0 Å². The average Bonchev–Trinajstić information content (AvgIpc) is 4.31. The average molecular weight is 948 g/mol. The third-order valence-electron chi connectivity index (χ3n) is 17.1. The number of hydrogen-bond donors (Lipinski definition) is 0. The number of aromatic nitrogens is 2. The molecule has 0 radical (unpaired) electrons. The van der Waals surface area contributed by atoms with Crippen LogP contribution in [0.3, 0.4) is 0 Å². The third-order valence-corrected chi connectivity index (χ3v) is 17.1. The second-order valence-electron chi connectivity index (χ2n) is 20.6. The molecule has 3 heteroatoms. The smallest absolute Gasteiger partial charge is 0.0633 e. The summed E-state index contributed by atoms with van der Waals surface area (Å²) in [4.78, 5) is 2.43. The van der Waals surface area contributed by atoms with Crippen molar-refractivity contribution in [1.29, 1.82) is 0 Å². The van der Waals surface area contributed by atoms with Crippen LogP contribution < -0.4 is 4.90 Å². The Kier molecular flexibility index (Phi) is 7.60. The van der Waals surface area contributed by atoms with Gasteiger partial charge in [0.2, 0.25) is 0 Å². The van der Waals surface area contributed by atoms with Crippen LogP contribution in [0.1, 0.15) is 0 Å². The monoisotopic (exact) mass is 947 g/mol. The van der Waals surface area contributed by atoms with E-state index >= 15 is 0 Å². The van der Waals surface area contributed by atoms with Gasteiger partial charge in [0.25, 0.3) is 0 Å². The zero-order chi connectivity index (χ0) is 48.6. The molecule has 18 rings (SSSR count). The van der Waals surface area contributed by atoms with Crippen LogP contribution in [0.4, 0.5) is 17.1 Å². The van der Waals surface area contributed by atoms with E-state index < -0.39 is 0 Å². The maximum atomic E-state index is 2.64. The lowest BCUT2D eigenvalue weighted by Gasteiger charge is -2.27. The Bertz CT molecular complexity index is 5020. The first-order valence-corrected chi connectivity index (χ1v) is 26.1. The summed E-state index contributed by atoms with van der Waals surface area (Å²) in [6, 6.07) is 93.3. The Morgan fingerprint density at radius 3 is 1.00 bits per heavy atom. The van der Waals surface area contributed by atoms with Gasteiger partial charge in [0.05, 0.1) is 39.1 Å². The predicted octanol–water partition coefficient (Wildman–Crippen LogP) is 20.0. The van der Waals surface area contributed by atoms with E-state index in [0.29, 0.717) is 0 Å². The highest BCUT2D eigenvalue weighted by Gasteiger charge is 2.32. The Balaban J connectivity index is 1.14. The molecule has 0 unspecified atom stereocenters. The molecule has 18 aromatic rings. The molecule has 0 fully saturated rings. The number of benzene rings is 14. The van der Waals surface area contributed by atoms with Gasteiger partial charge in [0.1, 0.15) is 0 Å². The van der Waals surface area contributed by atoms with E-state index in [1.54, 1.807) is 0 Å². The van der Waals surface area contributed by atoms with Crippen LogP contribution in [0, 0.1) is 0 Å². The summed E-state index contributed by atoms with van der Waals surface area (Å²) < 4.78 is 5.27. The molecule has 0 saturated carbocycles. The van der Waals surface area contributed by atoms with Crippen molar-refractivity contribution in [2.45, 2.75) is 0 Å². The lowest BCUT2D eigenvalue weighted by atomic mass is 9.89. The van der Waals surface area contributed by atoms with Gasteiger partial charge >= 0.3 is 0 Å². The zero-order valence-electron chi connectivity index (χ0n) is 40.5. The molecule has 0 amide bonds. The summed E-state index contributed by atoms with van der Waals surface area (Å²) >= 11 is 0. The molecule has 0 N–H and O–H groups in total. The van der Waals surface area contributed by atoms with Gasteiger partial charge < -0.3 is 14.0 Å². The normalized spacial score (nSPS) is 12.5. The largest absolute Gasteiger partial charge is 0.310 e. The van der Waals surface area contributed by atoms with Crippen LogP contribution in [-0.2, 0) is 0 Å². The van der Waals surface area contributed by atoms with E-state index in [1.165, 1.54) is 152 Å². The van der Waals surface area contributed by atoms with Gasteiger partial charge in [-0.15, -0.1) is 0 Å². The first-order chi connectivity index (χ1) is 37.3. The minimum Gasteiger partial charge on any atom is -0.310 e. The highest BCUT2D eigenvalue weighted by molar-refractivity contribution is 6.48. The van der Waals surface area contributed by atoms with Gasteiger partial charge in [-0.25, -0.2) is 0 Å². The van der Waals surface area contributed by atoms with Crippen molar-refractivity contribution in [3.8, 4) is 11.4 Å². The molecule has 0 aliphatic carbocycles. The summed E-state index contributed by atoms with van der Waals surface area (Å²) in [6.45, 7) is 0. The standard InChI is InChI=1S/C72H41N3/c1-3-20-43(21-4-1)73(44-22-5-2-6-23-44)62-41-40-55-64-53(62)30-17-31-54(64)67-68(55)72(75-60-34-13-9-26-47(60)48-27-10-14-35-61(48)75)70-57-39-37-52-50-29-16-19-42-18-15-28-49(63(42)50)51-36-38-56(66(57)65(51)52)69(70)71(67)74-58-32-11-7-24-45(58)46-25-8-12-33-59(46)74/h1-41H. The highest BCUT2D eigenvalue weighted by Crippen LogP contribution is 2.57. The first-order valence-electron chi connectivity index (χ1n) is 26.1. The van der Waals surface area contributed by atoms with Crippen molar-refractivity contribution in [1.82, 2.24) is 9.13 Å². The minimum atomic E-state index is 1.12. The summed E-state index contributed by atoms with van der Waals surface area (Å²) in [7, 11) is 0. The fraction of sp³-hybridized carbons (Fsp3) is 0. The number of rotatable bonds is 5. The molecule has 0 saturated heterocycles. The molecular weight excluding hydrogens is 907 g/mol. The summed E-state index contributed by atoms with van der Waals surface area (Å²) in [5.41, 5.74) is 10.6. The van der Waals surface area contributed by atoms with Gasteiger partial charge in [-0.3, -0.25) is 0 Å². The van der Waals surface area contributed by atoms with Gasteiger partial charge in [-0.1, -0.05) is 194 Å². The molecule has 0 spiro atoms. The van der Waals surface area contributed by atoms with Crippen LogP contribution >= 0.6 is 0 Å². The fourth-order valence-electron chi connectivity index (χ4n) is 14.3. The number of fused-ring (bicyclic) bond motifs is 14. The van der Waals surface area contributed by atoms with Crippen molar-refractivity contribution in [3.05, 3.63) is 249 Å². The van der Waals surface area contributed by atoms with Gasteiger partial charge in [-0.05, 0) is 125 Å². The summed E-state index contributed by atoms with van der Waals surface area (Å²) in [6.07, 6.45) is 0. The lowest BCUT2D eigenvalue weighted by Crippen LogP contribution is -2.10. The van der Waals surface area contributed by atoms with Crippen molar-refractivity contribution in [3.63, 3.8) is 0 Å². The zero-order valence-corrected chi connectivity index (χ0v) is 40.5. The number of hydrogen-bond acceptors (Lipinski definition) is 1. The minimum absolute atomic E-state index is 1.12. The van der Waals surface area contributed by atoms with Crippen molar-refractivity contribution >= 4 is 158 Å². The van der Waals surface area contributed by atoms with E-state index in [1.807, 2.05) is 0 Å². The highest BCUT2D eigenvalue weighted by atomic mass is 15.1. The third kappa shape index (κ3) is 4.95. The Morgan fingerprint density at radius 2 is 0.520 bits per heavy atom. The second-order valence-corrected chi connectivity index (χ2v) is 20.6. The SMILES string of the molecule is c1ccc(N(c2ccccc2)c2ccc3c4c(-n5c6ccccc6c6ccccc65)c5c6ccc7c8cccc9cccc(c%10ccc(c5c(-n5c%11ccccc%11c%11ccccc%115)c4c4cccc2c43)c6c%107)c98)cc1. The maximum absolute atomic E-state index is 2.64. The van der Waals surface area contributed by atoms with E-state index in [0.717, 1.165) is 17.1 Å². The molecule has 0 bridgehead atoms. The molecule has 344 valence electrons. The number of anilines is 3. The van der Waals surface area contributed by atoms with Gasteiger partial charge in [-0.2, -0.15) is 0 Å². The summed E-state index contributed by atoms with van der Waals surface area (Å²) in [5.74, 6) is 0. The van der Waals surface area contributed by atoms with Crippen LogP contribution in [-0.4, -0.2) is 9.13 Å². The van der Waals surface area contributed by atoms with Crippen LogP contribution in [0.5, 0.6) is 0 Å². The molecule has 16 aromatic carbocycles. The van der Waals surface area contributed by atoms with E-state index in [4.69, 9.17) is 0 Å². The molecule has 0 aliphatic rings. The van der Waals surface area contributed by atoms with Crippen LogP contribution in [0.25, 0.3) is 152 Å². The van der Waals surface area contributed by atoms with Crippen molar-refractivity contribution in [2.75, 3.05) is 4.90 Å². The second kappa shape index (κ2) is 14.4. The van der Waals surface area contributed by atoms with Gasteiger partial charge in [0.15, 0.2) is 0 Å². The number of para-hydroxylation sites is 6. The predicted molar refractivity (Wildman–Crippen MR) is 321 cm³/mol. The van der Waals surface area contributed by atoms with Crippen molar-refractivity contribution in [2.24, 2.45) is 0 Å². The molecule has 75 heavy (non-hydrogen) atoms. The van der Waals surface area contributed by atoms with E-state index in [2.05, 4.69) is 263 Å². The number of nitrogens with zero attached hydrogens (tertiary/aromatic N) is 3. The van der Waals surface area contributed by atoms with Crippen molar-refractivity contribution < 1.29 is 0 Å². The lowest BCUT2D eigenvalue weighted by molar-refractivity contribution is 1.20. The van der Waals surface area contributed by atoms with E-state index in [9.17, 15) is 0 Å². The van der Waals surface area contributed by atoms with Gasteiger partial charge in [0, 0.05) is 59.9 Å². The van der Waals surface area contributed by atoms with E-state index in [-0.39, 0.29) is 0 Å². The molecule has 0 aliphatic heterocycles. The Morgan fingerprint density at radius 1 is 0.200 bits per heavy atom. The molecule has 2 heterocycles. The molecule has 2 aromatic heterocycles. The molecule has 0 atom stereocenters. The summed E-state index contributed by atoms with van der Waals surface area (Å²) in [5, 5.41) is 28.1. The Labute approximate surface area is 429 Å².